The van der Waals surface area contributed by atoms with Crippen molar-refractivity contribution in [3.63, 3.8) is 0 Å². The number of aromatic nitrogens is 4. The van der Waals surface area contributed by atoms with Gasteiger partial charge < -0.3 is 9.47 Å². The summed E-state index contributed by atoms with van der Waals surface area (Å²) in [5.41, 5.74) is 1.99. The number of carbonyl (C=O) groups is 1. The van der Waals surface area contributed by atoms with Crippen LogP contribution in [-0.4, -0.2) is 39.4 Å². The van der Waals surface area contributed by atoms with Gasteiger partial charge in [-0.1, -0.05) is 30.3 Å². The molecule has 1 heterocycles. The number of rotatable bonds is 6. The molecule has 0 atom stereocenters. The topological polar surface area (TPSA) is 79.1 Å². The second-order valence-corrected chi connectivity index (χ2v) is 5.02. The summed E-state index contributed by atoms with van der Waals surface area (Å²) in [6.45, 7) is 2.39. The molecule has 2 aromatic carbocycles. The van der Waals surface area contributed by atoms with Crippen molar-refractivity contribution in [2.45, 2.75) is 6.92 Å². The predicted molar refractivity (Wildman–Crippen MR) is 86.1 cm³/mol. The molecule has 0 amide bonds. The molecule has 0 fully saturated rings. The van der Waals surface area contributed by atoms with Crippen molar-refractivity contribution in [3.8, 4) is 11.4 Å². The third-order valence-corrected chi connectivity index (χ3v) is 3.39. The summed E-state index contributed by atoms with van der Waals surface area (Å²) in [5, 5.41) is 11.0. The number of tetrazole rings is 1. The second kappa shape index (κ2) is 7.36. The van der Waals surface area contributed by atoms with Crippen molar-refractivity contribution in [1.29, 1.82) is 0 Å². The van der Waals surface area contributed by atoms with Crippen LogP contribution in [0, 0.1) is 6.92 Å². The first-order chi connectivity index (χ1) is 11.8. The van der Waals surface area contributed by atoms with Gasteiger partial charge in [0, 0.05) is 0 Å². The van der Waals surface area contributed by atoms with Gasteiger partial charge in [0.25, 0.3) is 0 Å². The van der Waals surface area contributed by atoms with Gasteiger partial charge in [-0.2, -0.15) is 4.68 Å². The molecule has 3 rings (SSSR count). The minimum atomic E-state index is -0.450. The Bertz CT molecular complexity index is 818. The van der Waals surface area contributed by atoms with E-state index in [2.05, 4.69) is 15.5 Å². The number of benzene rings is 2. The summed E-state index contributed by atoms with van der Waals surface area (Å²) >= 11 is 0. The molecule has 0 aliphatic carbocycles. The molecule has 0 saturated heterocycles. The fraction of sp³-hybridized carbons (Fsp3) is 0.176. The van der Waals surface area contributed by atoms with Crippen molar-refractivity contribution < 1.29 is 14.3 Å². The van der Waals surface area contributed by atoms with Crippen LogP contribution in [0.15, 0.2) is 54.9 Å². The molecular weight excluding hydrogens is 308 g/mol. The van der Waals surface area contributed by atoms with Gasteiger partial charge in [-0.3, -0.25) is 0 Å². The van der Waals surface area contributed by atoms with Crippen LogP contribution in [0.25, 0.3) is 5.69 Å². The van der Waals surface area contributed by atoms with Gasteiger partial charge in [0.2, 0.25) is 0 Å². The number of aryl methyl sites for hydroxylation is 1. The SMILES string of the molecule is Cc1ccccc1OCCOC(=O)c1ccccc1-n1cnnn1. The van der Waals surface area contributed by atoms with Gasteiger partial charge in [0.15, 0.2) is 0 Å². The molecule has 3 aromatic rings. The van der Waals surface area contributed by atoms with Crippen LogP contribution in [0.3, 0.4) is 0 Å². The zero-order valence-electron chi connectivity index (χ0n) is 13.1. The maximum absolute atomic E-state index is 12.3. The second-order valence-electron chi connectivity index (χ2n) is 5.02. The maximum Gasteiger partial charge on any atom is 0.340 e. The Morgan fingerprint density at radius 3 is 2.67 bits per heavy atom. The zero-order valence-corrected chi connectivity index (χ0v) is 13.1. The van der Waals surface area contributed by atoms with E-state index in [1.54, 1.807) is 24.3 Å². The van der Waals surface area contributed by atoms with E-state index in [1.165, 1.54) is 11.0 Å². The maximum atomic E-state index is 12.3. The zero-order chi connectivity index (χ0) is 16.8. The third-order valence-electron chi connectivity index (χ3n) is 3.39. The highest BCUT2D eigenvalue weighted by Crippen LogP contribution is 2.16. The van der Waals surface area contributed by atoms with E-state index in [0.29, 0.717) is 11.3 Å². The van der Waals surface area contributed by atoms with Crippen molar-refractivity contribution in [1.82, 2.24) is 20.2 Å². The molecule has 0 radical (unpaired) electrons. The highest BCUT2D eigenvalue weighted by molar-refractivity contribution is 5.93. The fourth-order valence-electron chi connectivity index (χ4n) is 2.20. The number of hydrogen-bond acceptors (Lipinski definition) is 6. The first-order valence-corrected chi connectivity index (χ1v) is 7.43. The quantitative estimate of drug-likeness (QED) is 0.511. The summed E-state index contributed by atoms with van der Waals surface area (Å²) in [6, 6.07) is 14.7. The van der Waals surface area contributed by atoms with Crippen LogP contribution < -0.4 is 4.74 Å². The molecule has 0 aliphatic rings. The monoisotopic (exact) mass is 324 g/mol. The van der Waals surface area contributed by atoms with E-state index < -0.39 is 5.97 Å². The minimum Gasteiger partial charge on any atom is -0.490 e. The number of para-hydroxylation sites is 2. The first-order valence-electron chi connectivity index (χ1n) is 7.43. The number of nitrogens with zero attached hydrogens (tertiary/aromatic N) is 4. The van der Waals surface area contributed by atoms with Crippen LogP contribution in [0.5, 0.6) is 5.75 Å². The number of carbonyl (C=O) groups excluding carboxylic acids is 1. The van der Waals surface area contributed by atoms with Gasteiger partial charge in [-0.05, 0) is 41.1 Å². The molecule has 0 saturated carbocycles. The van der Waals surface area contributed by atoms with Gasteiger partial charge in [-0.15, -0.1) is 5.10 Å². The van der Waals surface area contributed by atoms with Crippen LogP contribution in [0.1, 0.15) is 15.9 Å². The normalized spacial score (nSPS) is 10.4. The van der Waals surface area contributed by atoms with Crippen molar-refractivity contribution in [2.24, 2.45) is 0 Å². The lowest BCUT2D eigenvalue weighted by Gasteiger charge is -2.11. The molecular formula is C17H16N4O3. The molecule has 0 aliphatic heterocycles. The van der Waals surface area contributed by atoms with Crippen LogP contribution in [0.4, 0.5) is 0 Å². The third kappa shape index (κ3) is 3.57. The lowest BCUT2D eigenvalue weighted by Crippen LogP contribution is -2.15. The molecule has 122 valence electrons. The van der Waals surface area contributed by atoms with Crippen molar-refractivity contribution in [2.75, 3.05) is 13.2 Å². The van der Waals surface area contributed by atoms with Crippen molar-refractivity contribution in [3.05, 3.63) is 66.0 Å². The molecule has 7 nitrogen and oxygen atoms in total. The van der Waals surface area contributed by atoms with Crippen LogP contribution >= 0.6 is 0 Å². The Morgan fingerprint density at radius 2 is 1.88 bits per heavy atom. The van der Waals surface area contributed by atoms with E-state index >= 15 is 0 Å². The van der Waals surface area contributed by atoms with Gasteiger partial charge >= 0.3 is 5.97 Å². The minimum absolute atomic E-state index is 0.150. The average molecular weight is 324 g/mol. The van der Waals surface area contributed by atoms with Gasteiger partial charge in [0.05, 0.1) is 11.3 Å². The first kappa shape index (κ1) is 15.7. The Kier molecular flexibility index (Phi) is 4.81. The smallest absolute Gasteiger partial charge is 0.340 e. The average Bonchev–Trinajstić information content (AvgIpc) is 3.14. The van der Waals surface area contributed by atoms with E-state index in [4.69, 9.17) is 9.47 Å². The van der Waals surface area contributed by atoms with E-state index in [-0.39, 0.29) is 13.2 Å². The Morgan fingerprint density at radius 1 is 1.08 bits per heavy atom. The standard InChI is InChI=1S/C17H16N4O3/c1-13-6-2-5-9-16(13)23-10-11-24-17(22)14-7-3-4-8-15(14)21-12-18-19-20-21/h2-9,12H,10-11H2,1H3. The van der Waals surface area contributed by atoms with E-state index in [0.717, 1.165) is 11.3 Å². The van der Waals surface area contributed by atoms with Crippen LogP contribution in [-0.2, 0) is 4.74 Å². The Labute approximate surface area is 138 Å². The highest BCUT2D eigenvalue weighted by Gasteiger charge is 2.14. The molecule has 24 heavy (non-hydrogen) atoms. The molecule has 0 N–H and O–H groups in total. The van der Waals surface area contributed by atoms with Crippen LogP contribution in [0.2, 0.25) is 0 Å². The number of ether oxygens (including phenoxy) is 2. The highest BCUT2D eigenvalue weighted by atomic mass is 16.6. The molecule has 0 spiro atoms. The summed E-state index contributed by atoms with van der Waals surface area (Å²) in [4.78, 5) is 12.3. The summed E-state index contributed by atoms with van der Waals surface area (Å²) < 4.78 is 12.3. The molecule has 7 heteroatoms. The summed E-state index contributed by atoms with van der Waals surface area (Å²) in [5.74, 6) is 0.331. The fourth-order valence-corrected chi connectivity index (χ4v) is 2.20. The van der Waals surface area contributed by atoms with E-state index in [1.807, 2.05) is 31.2 Å². The summed E-state index contributed by atoms with van der Waals surface area (Å²) in [7, 11) is 0. The summed E-state index contributed by atoms with van der Waals surface area (Å²) in [6.07, 6.45) is 1.42. The molecule has 0 bridgehead atoms. The largest absolute Gasteiger partial charge is 0.490 e. The van der Waals surface area contributed by atoms with E-state index in [9.17, 15) is 4.79 Å². The Balaban J connectivity index is 1.59. The van der Waals surface area contributed by atoms with Gasteiger partial charge in [0.1, 0.15) is 25.3 Å². The lowest BCUT2D eigenvalue weighted by atomic mass is 10.2. The molecule has 1 aromatic heterocycles. The Hall–Kier alpha value is -3.22. The molecule has 0 unspecified atom stereocenters. The number of esters is 1. The lowest BCUT2D eigenvalue weighted by molar-refractivity contribution is 0.0450. The van der Waals surface area contributed by atoms with Crippen molar-refractivity contribution >= 4 is 5.97 Å². The predicted octanol–water partition coefficient (Wildman–Crippen LogP) is 2.21. The number of hydrogen-bond donors (Lipinski definition) is 0. The van der Waals surface area contributed by atoms with Gasteiger partial charge in [-0.25, -0.2) is 4.79 Å².